The molecular formula is C12H17NO2. The Morgan fingerprint density at radius 2 is 2.27 bits per heavy atom. The summed E-state index contributed by atoms with van der Waals surface area (Å²) in [6.45, 7) is 4.75. The Morgan fingerprint density at radius 1 is 1.47 bits per heavy atom. The van der Waals surface area contributed by atoms with E-state index in [0.29, 0.717) is 12.5 Å². The second-order valence-corrected chi connectivity index (χ2v) is 4.37. The van der Waals surface area contributed by atoms with E-state index in [1.165, 1.54) is 0 Å². The van der Waals surface area contributed by atoms with Gasteiger partial charge < -0.3 is 4.74 Å². The van der Waals surface area contributed by atoms with Crippen molar-refractivity contribution in [3.8, 4) is 0 Å². The molecule has 1 fully saturated rings. The Balaban J connectivity index is 2.20. The Kier molecular flexibility index (Phi) is 2.80. The van der Waals surface area contributed by atoms with Gasteiger partial charge in [-0.05, 0) is 24.8 Å². The zero-order chi connectivity index (χ0) is 10.8. The molecule has 3 nitrogen and oxygen atoms in total. The number of rotatable bonds is 2. The van der Waals surface area contributed by atoms with Gasteiger partial charge in [-0.25, -0.2) is 4.79 Å². The Bertz CT molecular complexity index is 318. The highest BCUT2D eigenvalue weighted by molar-refractivity contribution is 5.73. The Morgan fingerprint density at radius 3 is 2.87 bits per heavy atom. The first kappa shape index (κ1) is 10.3. The number of cyclic esters (lactones) is 1. The van der Waals surface area contributed by atoms with Crippen molar-refractivity contribution in [2.24, 2.45) is 5.92 Å². The lowest BCUT2D eigenvalue weighted by molar-refractivity contribution is 0.164. The Hall–Kier alpha value is -1.25. The molecule has 1 aliphatic carbocycles. The third-order valence-corrected chi connectivity index (χ3v) is 2.93. The largest absolute Gasteiger partial charge is 0.447 e. The first-order valence-electron chi connectivity index (χ1n) is 5.53. The second-order valence-electron chi connectivity index (χ2n) is 4.37. The van der Waals surface area contributed by atoms with Crippen molar-refractivity contribution < 1.29 is 9.53 Å². The van der Waals surface area contributed by atoms with Crippen molar-refractivity contribution in [3.05, 3.63) is 23.9 Å². The van der Waals surface area contributed by atoms with Crippen LogP contribution in [0.1, 0.15) is 26.7 Å². The van der Waals surface area contributed by atoms with Gasteiger partial charge in [-0.15, -0.1) is 0 Å². The van der Waals surface area contributed by atoms with Gasteiger partial charge in [0.25, 0.3) is 0 Å². The molecule has 1 amide bonds. The number of carbonyl (C=O) groups is 1. The van der Waals surface area contributed by atoms with Crippen LogP contribution in [0.5, 0.6) is 0 Å². The maximum absolute atomic E-state index is 11.6. The fraction of sp³-hybridized carbons (Fsp3) is 0.583. The van der Waals surface area contributed by atoms with E-state index in [0.717, 1.165) is 18.5 Å². The van der Waals surface area contributed by atoms with Crippen molar-refractivity contribution in [2.75, 3.05) is 6.61 Å². The summed E-state index contributed by atoms with van der Waals surface area (Å²) in [5.41, 5.74) is 1.00. The summed E-state index contributed by atoms with van der Waals surface area (Å²) in [5, 5.41) is 0. The molecule has 1 heterocycles. The molecule has 0 aromatic heterocycles. The maximum atomic E-state index is 11.6. The summed E-state index contributed by atoms with van der Waals surface area (Å²) >= 11 is 0. The highest BCUT2D eigenvalue weighted by Gasteiger charge is 2.36. The quantitative estimate of drug-likeness (QED) is 0.696. The molecule has 3 heteroatoms. The van der Waals surface area contributed by atoms with Gasteiger partial charge in [-0.1, -0.05) is 26.0 Å². The van der Waals surface area contributed by atoms with Gasteiger partial charge in [0.05, 0.1) is 6.04 Å². The number of hydrogen-bond acceptors (Lipinski definition) is 2. The fourth-order valence-corrected chi connectivity index (χ4v) is 2.00. The predicted molar refractivity (Wildman–Crippen MR) is 58.3 cm³/mol. The molecule has 0 unspecified atom stereocenters. The third-order valence-electron chi connectivity index (χ3n) is 2.93. The van der Waals surface area contributed by atoms with Gasteiger partial charge in [0.1, 0.15) is 6.61 Å². The Labute approximate surface area is 90.4 Å². The first-order chi connectivity index (χ1) is 7.20. The van der Waals surface area contributed by atoms with Crippen LogP contribution in [-0.4, -0.2) is 23.6 Å². The van der Waals surface area contributed by atoms with Crippen LogP contribution in [0.4, 0.5) is 4.79 Å². The van der Waals surface area contributed by atoms with Crippen molar-refractivity contribution in [3.63, 3.8) is 0 Å². The monoisotopic (exact) mass is 207 g/mol. The second kappa shape index (κ2) is 4.09. The topological polar surface area (TPSA) is 29.5 Å². The molecule has 0 aromatic rings. The highest BCUT2D eigenvalue weighted by atomic mass is 16.6. The molecule has 1 atom stereocenters. The summed E-state index contributed by atoms with van der Waals surface area (Å²) in [7, 11) is 0. The number of hydrogen-bond donors (Lipinski definition) is 0. The number of allylic oxidation sites excluding steroid dienone is 3. The summed E-state index contributed by atoms with van der Waals surface area (Å²) < 4.78 is 5.10. The van der Waals surface area contributed by atoms with Crippen LogP contribution < -0.4 is 0 Å². The lowest BCUT2D eigenvalue weighted by atomic mass is 10.0. The van der Waals surface area contributed by atoms with Gasteiger partial charge in [-0.3, -0.25) is 4.90 Å². The van der Waals surface area contributed by atoms with Gasteiger partial charge in [0.15, 0.2) is 0 Å². The average Bonchev–Trinajstić information content (AvgIpc) is 2.61. The summed E-state index contributed by atoms with van der Waals surface area (Å²) in [4.78, 5) is 13.4. The zero-order valence-corrected chi connectivity index (χ0v) is 9.27. The lowest BCUT2D eigenvalue weighted by Gasteiger charge is -2.26. The number of carbonyl (C=O) groups excluding carboxylic acids is 1. The molecule has 2 aliphatic rings. The summed E-state index contributed by atoms with van der Waals surface area (Å²) in [6, 6.07) is 0.187. The molecule has 0 N–H and O–H groups in total. The number of nitrogens with zero attached hydrogens (tertiary/aromatic N) is 1. The maximum Gasteiger partial charge on any atom is 0.414 e. The molecule has 82 valence electrons. The fourth-order valence-electron chi connectivity index (χ4n) is 2.00. The molecule has 0 radical (unpaired) electrons. The van der Waals surface area contributed by atoms with E-state index >= 15 is 0 Å². The van der Waals surface area contributed by atoms with Gasteiger partial charge in [0.2, 0.25) is 0 Å². The van der Waals surface area contributed by atoms with Crippen molar-refractivity contribution >= 4 is 6.09 Å². The van der Waals surface area contributed by atoms with E-state index in [2.05, 4.69) is 26.0 Å². The smallest absolute Gasteiger partial charge is 0.414 e. The van der Waals surface area contributed by atoms with Gasteiger partial charge in [-0.2, -0.15) is 0 Å². The molecule has 0 spiro atoms. The molecule has 2 rings (SSSR count). The zero-order valence-electron chi connectivity index (χ0n) is 9.27. The first-order valence-corrected chi connectivity index (χ1v) is 5.53. The standard InChI is InChI=1S/C12H17NO2/c1-9(2)11-8-15-12(14)13(11)10-6-4-3-5-7-10/h4,6-7,9,11H,3,5,8H2,1-2H3/t11-/m0/s1. The van der Waals surface area contributed by atoms with E-state index in [-0.39, 0.29) is 12.1 Å². The van der Waals surface area contributed by atoms with Crippen molar-refractivity contribution in [1.29, 1.82) is 0 Å². The van der Waals surface area contributed by atoms with Crippen LogP contribution in [0.15, 0.2) is 23.9 Å². The van der Waals surface area contributed by atoms with E-state index in [9.17, 15) is 4.79 Å². The molecular weight excluding hydrogens is 190 g/mol. The lowest BCUT2D eigenvalue weighted by Crippen LogP contribution is -2.36. The van der Waals surface area contributed by atoms with Crippen LogP contribution in [0, 0.1) is 5.92 Å². The highest BCUT2D eigenvalue weighted by Crippen LogP contribution is 2.26. The molecule has 15 heavy (non-hydrogen) atoms. The van der Waals surface area contributed by atoms with Gasteiger partial charge >= 0.3 is 6.09 Å². The minimum absolute atomic E-state index is 0.187. The molecule has 1 saturated heterocycles. The summed E-state index contributed by atoms with van der Waals surface area (Å²) in [5.74, 6) is 0.424. The molecule has 0 bridgehead atoms. The van der Waals surface area contributed by atoms with Crippen LogP contribution >= 0.6 is 0 Å². The number of ether oxygens (including phenoxy) is 1. The summed E-state index contributed by atoms with van der Waals surface area (Å²) in [6.07, 6.45) is 8.12. The SMILES string of the molecule is CC(C)[C@@H]1COC(=O)N1C1=CCCC=C1. The van der Waals surface area contributed by atoms with Crippen molar-refractivity contribution in [1.82, 2.24) is 4.90 Å². The van der Waals surface area contributed by atoms with Crippen molar-refractivity contribution in [2.45, 2.75) is 32.7 Å². The van der Waals surface area contributed by atoms with Crippen LogP contribution in [0.2, 0.25) is 0 Å². The molecule has 0 saturated carbocycles. The third kappa shape index (κ3) is 1.91. The normalized spacial score (nSPS) is 25.8. The van der Waals surface area contributed by atoms with Gasteiger partial charge in [0, 0.05) is 5.70 Å². The van der Waals surface area contributed by atoms with E-state index < -0.39 is 0 Å². The van der Waals surface area contributed by atoms with Crippen LogP contribution in [0.3, 0.4) is 0 Å². The number of amides is 1. The van der Waals surface area contributed by atoms with E-state index in [4.69, 9.17) is 4.74 Å². The van der Waals surface area contributed by atoms with E-state index in [1.54, 1.807) is 4.90 Å². The molecule has 0 aromatic carbocycles. The van der Waals surface area contributed by atoms with E-state index in [1.807, 2.05) is 6.08 Å². The average molecular weight is 207 g/mol. The molecule has 1 aliphatic heterocycles. The van der Waals surface area contributed by atoms with Crippen LogP contribution in [0.25, 0.3) is 0 Å². The minimum atomic E-state index is -0.202. The van der Waals surface area contributed by atoms with Crippen LogP contribution in [-0.2, 0) is 4.74 Å². The predicted octanol–water partition coefficient (Wildman–Crippen LogP) is 2.70. The minimum Gasteiger partial charge on any atom is -0.447 e.